The Bertz CT molecular complexity index is 411. The molecule has 0 spiro atoms. The van der Waals surface area contributed by atoms with E-state index in [0.29, 0.717) is 43.6 Å². The topological polar surface area (TPSA) is 81.1 Å². The van der Waals surface area contributed by atoms with Gasteiger partial charge in [0.25, 0.3) is 0 Å². The molecule has 6 heteroatoms. The van der Waals surface area contributed by atoms with E-state index in [2.05, 4.69) is 4.90 Å². The number of aliphatic hydroxyl groups is 1. The molecule has 0 radical (unpaired) electrons. The first-order chi connectivity index (χ1) is 9.63. The van der Waals surface area contributed by atoms with E-state index in [1.54, 1.807) is 4.90 Å². The third-order valence-electron chi connectivity index (χ3n) is 4.06. The summed E-state index contributed by atoms with van der Waals surface area (Å²) in [7, 11) is 0. The molecule has 1 saturated heterocycles. The number of carboxylic acid groups (broad SMARTS) is 1. The second-order valence-electron chi connectivity index (χ2n) is 5.33. The summed E-state index contributed by atoms with van der Waals surface area (Å²) in [4.78, 5) is 27.5. The van der Waals surface area contributed by atoms with Crippen molar-refractivity contribution in [3.05, 3.63) is 11.1 Å². The van der Waals surface area contributed by atoms with Gasteiger partial charge in [0.1, 0.15) is 0 Å². The molecular weight excluding hydrogens is 260 g/mol. The van der Waals surface area contributed by atoms with Crippen LogP contribution in [-0.2, 0) is 9.59 Å². The molecule has 20 heavy (non-hydrogen) atoms. The molecule has 112 valence electrons. The Kier molecular flexibility index (Phi) is 5.14. The van der Waals surface area contributed by atoms with Gasteiger partial charge in [0.2, 0.25) is 5.91 Å². The van der Waals surface area contributed by atoms with Crippen LogP contribution in [0.15, 0.2) is 11.1 Å². The lowest BCUT2D eigenvalue weighted by atomic mass is 9.90. The SMILES string of the molecule is O=C(O)C1=C(C(=O)N2CCN(CCO)CC2)CCCC1. The van der Waals surface area contributed by atoms with Crippen LogP contribution < -0.4 is 0 Å². The van der Waals surface area contributed by atoms with Gasteiger partial charge in [0, 0.05) is 43.9 Å². The molecule has 0 atom stereocenters. The van der Waals surface area contributed by atoms with Gasteiger partial charge in [-0.05, 0) is 25.7 Å². The van der Waals surface area contributed by atoms with Crippen LogP contribution in [0.25, 0.3) is 0 Å². The van der Waals surface area contributed by atoms with E-state index in [-0.39, 0.29) is 12.5 Å². The molecule has 1 amide bonds. The van der Waals surface area contributed by atoms with E-state index in [1.165, 1.54) is 0 Å². The van der Waals surface area contributed by atoms with Crippen LogP contribution in [0.1, 0.15) is 25.7 Å². The fraction of sp³-hybridized carbons (Fsp3) is 0.714. The molecule has 0 bridgehead atoms. The van der Waals surface area contributed by atoms with Gasteiger partial charge in [-0.2, -0.15) is 0 Å². The number of carbonyl (C=O) groups is 2. The first-order valence-corrected chi connectivity index (χ1v) is 7.21. The minimum absolute atomic E-state index is 0.106. The van der Waals surface area contributed by atoms with E-state index in [1.807, 2.05) is 0 Å². The Morgan fingerprint density at radius 2 is 1.60 bits per heavy atom. The molecular formula is C14H22N2O4. The Hall–Kier alpha value is -1.40. The van der Waals surface area contributed by atoms with Crippen molar-refractivity contribution in [3.8, 4) is 0 Å². The number of nitrogens with zero attached hydrogens (tertiary/aromatic N) is 2. The zero-order valence-corrected chi connectivity index (χ0v) is 11.7. The monoisotopic (exact) mass is 282 g/mol. The minimum atomic E-state index is -0.952. The maximum absolute atomic E-state index is 12.5. The van der Waals surface area contributed by atoms with Crippen molar-refractivity contribution < 1.29 is 19.8 Å². The second-order valence-corrected chi connectivity index (χ2v) is 5.33. The van der Waals surface area contributed by atoms with Gasteiger partial charge < -0.3 is 15.1 Å². The van der Waals surface area contributed by atoms with Crippen LogP contribution in [0, 0.1) is 0 Å². The Morgan fingerprint density at radius 3 is 2.15 bits per heavy atom. The van der Waals surface area contributed by atoms with Gasteiger partial charge in [0.05, 0.1) is 6.61 Å². The van der Waals surface area contributed by atoms with Crippen molar-refractivity contribution in [2.75, 3.05) is 39.3 Å². The zero-order valence-electron chi connectivity index (χ0n) is 11.7. The number of rotatable bonds is 4. The Labute approximate surface area is 118 Å². The molecule has 0 saturated carbocycles. The van der Waals surface area contributed by atoms with Crippen LogP contribution in [0.4, 0.5) is 0 Å². The summed E-state index contributed by atoms with van der Waals surface area (Å²) in [6, 6.07) is 0. The summed E-state index contributed by atoms with van der Waals surface area (Å²) in [5, 5.41) is 18.1. The van der Waals surface area contributed by atoms with Crippen LogP contribution in [0.2, 0.25) is 0 Å². The van der Waals surface area contributed by atoms with Gasteiger partial charge in [-0.15, -0.1) is 0 Å². The number of β-amino-alcohol motifs (C(OH)–C–C–N with tert-alkyl or cyclic N) is 1. The highest BCUT2D eigenvalue weighted by molar-refractivity contribution is 6.02. The number of aliphatic carboxylic acids is 1. The summed E-state index contributed by atoms with van der Waals surface area (Å²) in [5.41, 5.74) is 0.804. The molecule has 1 fully saturated rings. The summed E-state index contributed by atoms with van der Waals surface area (Å²) in [6.07, 6.45) is 2.82. The Balaban J connectivity index is 2.02. The first-order valence-electron chi connectivity index (χ1n) is 7.21. The molecule has 0 unspecified atom stereocenters. The lowest BCUT2D eigenvalue weighted by Crippen LogP contribution is -2.50. The number of amides is 1. The average molecular weight is 282 g/mol. The molecule has 0 aromatic rings. The molecule has 0 aromatic carbocycles. The normalized spacial score (nSPS) is 21.1. The highest BCUT2D eigenvalue weighted by Crippen LogP contribution is 2.26. The fourth-order valence-corrected chi connectivity index (χ4v) is 2.88. The number of hydrogen-bond donors (Lipinski definition) is 2. The maximum Gasteiger partial charge on any atom is 0.332 e. The third-order valence-corrected chi connectivity index (χ3v) is 4.06. The van der Waals surface area contributed by atoms with E-state index in [0.717, 1.165) is 25.9 Å². The summed E-state index contributed by atoms with van der Waals surface area (Å²) >= 11 is 0. The second kappa shape index (κ2) is 6.85. The van der Waals surface area contributed by atoms with Crippen LogP contribution >= 0.6 is 0 Å². The lowest BCUT2D eigenvalue weighted by molar-refractivity contribution is -0.134. The van der Waals surface area contributed by atoms with Crippen LogP contribution in [0.5, 0.6) is 0 Å². The molecule has 2 N–H and O–H groups in total. The van der Waals surface area contributed by atoms with E-state index >= 15 is 0 Å². The largest absolute Gasteiger partial charge is 0.478 e. The van der Waals surface area contributed by atoms with Gasteiger partial charge >= 0.3 is 5.97 Å². The molecule has 0 aromatic heterocycles. The molecule has 1 heterocycles. The zero-order chi connectivity index (χ0) is 14.5. The average Bonchev–Trinajstić information content (AvgIpc) is 2.47. The third kappa shape index (κ3) is 3.37. The van der Waals surface area contributed by atoms with Crippen LogP contribution in [0.3, 0.4) is 0 Å². The highest BCUT2D eigenvalue weighted by atomic mass is 16.4. The number of piperazine rings is 1. The quantitative estimate of drug-likeness (QED) is 0.763. The highest BCUT2D eigenvalue weighted by Gasteiger charge is 2.28. The van der Waals surface area contributed by atoms with Crippen molar-refractivity contribution >= 4 is 11.9 Å². The van der Waals surface area contributed by atoms with Crippen molar-refractivity contribution in [1.82, 2.24) is 9.80 Å². The van der Waals surface area contributed by atoms with E-state index in [9.17, 15) is 14.7 Å². The van der Waals surface area contributed by atoms with Crippen molar-refractivity contribution in [2.45, 2.75) is 25.7 Å². The molecule has 1 aliphatic heterocycles. The van der Waals surface area contributed by atoms with Crippen molar-refractivity contribution in [2.24, 2.45) is 0 Å². The number of carbonyl (C=O) groups excluding carboxylic acids is 1. The molecule has 2 rings (SSSR count). The molecule has 6 nitrogen and oxygen atoms in total. The van der Waals surface area contributed by atoms with E-state index < -0.39 is 5.97 Å². The van der Waals surface area contributed by atoms with Gasteiger partial charge in [-0.3, -0.25) is 9.69 Å². The van der Waals surface area contributed by atoms with E-state index in [4.69, 9.17) is 5.11 Å². The van der Waals surface area contributed by atoms with Gasteiger partial charge in [-0.25, -0.2) is 4.79 Å². The smallest absolute Gasteiger partial charge is 0.332 e. The first kappa shape index (κ1) is 15.0. The number of carboxylic acids is 1. The fourth-order valence-electron chi connectivity index (χ4n) is 2.88. The molecule has 1 aliphatic carbocycles. The summed E-state index contributed by atoms with van der Waals surface area (Å²) < 4.78 is 0. The predicted molar refractivity (Wildman–Crippen MR) is 73.2 cm³/mol. The van der Waals surface area contributed by atoms with Gasteiger partial charge in [0.15, 0.2) is 0 Å². The standard InChI is InChI=1S/C14H22N2O4/c17-10-9-15-5-7-16(8-6-15)13(18)11-3-1-2-4-12(11)14(19)20/h17H,1-10H2,(H,19,20). The number of aliphatic hydroxyl groups excluding tert-OH is 1. The minimum Gasteiger partial charge on any atom is -0.478 e. The molecule has 2 aliphatic rings. The maximum atomic E-state index is 12.5. The summed E-state index contributed by atoms with van der Waals surface area (Å²) in [6.45, 7) is 3.45. The lowest BCUT2D eigenvalue weighted by Gasteiger charge is -2.35. The van der Waals surface area contributed by atoms with Crippen molar-refractivity contribution in [1.29, 1.82) is 0 Å². The van der Waals surface area contributed by atoms with Crippen LogP contribution in [-0.4, -0.2) is 71.2 Å². The van der Waals surface area contributed by atoms with Gasteiger partial charge in [-0.1, -0.05) is 0 Å². The summed E-state index contributed by atoms with van der Waals surface area (Å²) in [5.74, 6) is -1.06. The number of hydrogen-bond acceptors (Lipinski definition) is 4. The predicted octanol–water partition coefficient (Wildman–Crippen LogP) is 0.0781. The Morgan fingerprint density at radius 1 is 1.00 bits per heavy atom. The van der Waals surface area contributed by atoms with Crippen molar-refractivity contribution in [3.63, 3.8) is 0 Å².